The van der Waals surface area contributed by atoms with Crippen LogP contribution in [0, 0.1) is 0 Å². The SMILES string of the molecule is Cl.Cl.Nc1ncc(-c2cnn(C3CCNCC3)c2)cc1-c1nc2cccc(-c3cccnc3)c2s1. The first-order valence-electron chi connectivity index (χ1n) is 11.1. The number of thiazole rings is 1. The summed E-state index contributed by atoms with van der Waals surface area (Å²) < 4.78 is 3.20. The highest BCUT2D eigenvalue weighted by Crippen LogP contribution is 2.39. The van der Waals surface area contributed by atoms with Gasteiger partial charge in [0.2, 0.25) is 0 Å². The Labute approximate surface area is 219 Å². The summed E-state index contributed by atoms with van der Waals surface area (Å²) in [6.45, 7) is 2.07. The van der Waals surface area contributed by atoms with E-state index in [-0.39, 0.29) is 24.8 Å². The van der Waals surface area contributed by atoms with E-state index >= 15 is 0 Å². The Kier molecular flexibility index (Phi) is 7.66. The predicted molar refractivity (Wildman–Crippen MR) is 147 cm³/mol. The van der Waals surface area contributed by atoms with Crippen LogP contribution in [0.1, 0.15) is 18.9 Å². The van der Waals surface area contributed by atoms with Gasteiger partial charge in [0, 0.05) is 47.0 Å². The van der Waals surface area contributed by atoms with Crippen LogP contribution in [0.5, 0.6) is 0 Å². The number of fused-ring (bicyclic) bond motifs is 1. The summed E-state index contributed by atoms with van der Waals surface area (Å²) in [5.74, 6) is 0.478. The van der Waals surface area contributed by atoms with E-state index in [1.807, 2.05) is 36.8 Å². The van der Waals surface area contributed by atoms with Crippen molar-refractivity contribution in [3.8, 4) is 32.8 Å². The number of aromatic nitrogens is 5. The van der Waals surface area contributed by atoms with Crippen molar-refractivity contribution in [3.63, 3.8) is 0 Å². The lowest BCUT2D eigenvalue weighted by Gasteiger charge is -2.22. The molecule has 3 N–H and O–H groups in total. The number of hydrogen-bond donors (Lipinski definition) is 2. The third kappa shape index (κ3) is 4.88. The number of nitrogens with one attached hydrogen (secondary N) is 1. The Balaban J connectivity index is 0.00000144. The minimum atomic E-state index is 0. The van der Waals surface area contributed by atoms with Crippen LogP contribution in [0.4, 0.5) is 5.82 Å². The van der Waals surface area contributed by atoms with Crippen molar-refractivity contribution in [2.45, 2.75) is 18.9 Å². The van der Waals surface area contributed by atoms with Crippen molar-refractivity contribution in [2.75, 3.05) is 18.8 Å². The topological polar surface area (TPSA) is 94.5 Å². The molecule has 0 saturated carbocycles. The Morgan fingerprint density at radius 3 is 2.60 bits per heavy atom. The number of benzene rings is 1. The van der Waals surface area contributed by atoms with Gasteiger partial charge in [-0.15, -0.1) is 36.2 Å². The fourth-order valence-corrected chi connectivity index (χ4v) is 5.50. The van der Waals surface area contributed by atoms with Gasteiger partial charge in [-0.2, -0.15) is 5.10 Å². The molecule has 35 heavy (non-hydrogen) atoms. The number of nitrogens with zero attached hydrogens (tertiary/aromatic N) is 5. The molecule has 1 fully saturated rings. The number of rotatable bonds is 4. The molecule has 5 aromatic rings. The zero-order valence-corrected chi connectivity index (χ0v) is 21.2. The molecule has 0 unspecified atom stereocenters. The average molecular weight is 526 g/mol. The van der Waals surface area contributed by atoms with Crippen molar-refractivity contribution in [1.29, 1.82) is 0 Å². The predicted octanol–water partition coefficient (Wildman–Crippen LogP) is 5.63. The molecule has 4 aromatic heterocycles. The molecular weight excluding hydrogens is 501 g/mol. The highest BCUT2D eigenvalue weighted by atomic mass is 35.5. The van der Waals surface area contributed by atoms with Crippen molar-refractivity contribution < 1.29 is 0 Å². The van der Waals surface area contributed by atoms with Crippen molar-refractivity contribution in [1.82, 2.24) is 30.0 Å². The van der Waals surface area contributed by atoms with Crippen LogP contribution in [0.25, 0.3) is 43.0 Å². The molecule has 5 heterocycles. The molecule has 10 heteroatoms. The van der Waals surface area contributed by atoms with E-state index in [2.05, 4.69) is 49.5 Å². The van der Waals surface area contributed by atoms with Crippen LogP contribution in [0.3, 0.4) is 0 Å². The van der Waals surface area contributed by atoms with Gasteiger partial charge in [-0.1, -0.05) is 18.2 Å². The second kappa shape index (κ2) is 10.7. The normalized spacial score (nSPS) is 13.8. The van der Waals surface area contributed by atoms with Gasteiger partial charge < -0.3 is 11.1 Å². The second-order valence-corrected chi connectivity index (χ2v) is 9.26. The lowest BCUT2D eigenvalue weighted by atomic mass is 10.1. The maximum absolute atomic E-state index is 6.31. The summed E-state index contributed by atoms with van der Waals surface area (Å²) in [6.07, 6.45) is 11.7. The number of pyridine rings is 2. The summed E-state index contributed by atoms with van der Waals surface area (Å²) in [4.78, 5) is 13.7. The Morgan fingerprint density at radius 2 is 1.80 bits per heavy atom. The van der Waals surface area contributed by atoms with Crippen LogP contribution < -0.4 is 11.1 Å². The Hall–Kier alpha value is -3.04. The minimum Gasteiger partial charge on any atom is -0.383 e. The summed E-state index contributed by atoms with van der Waals surface area (Å²) >= 11 is 1.63. The molecule has 0 aliphatic carbocycles. The average Bonchev–Trinajstić information content (AvgIpc) is 3.53. The summed E-state index contributed by atoms with van der Waals surface area (Å²) in [7, 11) is 0. The maximum atomic E-state index is 6.31. The number of nitrogens with two attached hydrogens (primary N) is 1. The van der Waals surface area contributed by atoms with Crippen molar-refractivity contribution in [2.24, 2.45) is 0 Å². The molecular formula is C25H25Cl2N7S. The third-order valence-corrected chi connectivity index (χ3v) is 7.29. The Bertz CT molecular complexity index is 1430. The smallest absolute Gasteiger partial charge is 0.133 e. The molecule has 1 aliphatic rings. The molecule has 1 saturated heterocycles. The number of anilines is 1. The van der Waals surface area contributed by atoms with E-state index in [4.69, 9.17) is 10.7 Å². The maximum Gasteiger partial charge on any atom is 0.133 e. The molecule has 1 aliphatic heterocycles. The molecule has 7 nitrogen and oxygen atoms in total. The monoisotopic (exact) mass is 525 g/mol. The molecule has 1 aromatic carbocycles. The van der Waals surface area contributed by atoms with Gasteiger partial charge in [-0.05, 0) is 44.1 Å². The van der Waals surface area contributed by atoms with E-state index in [0.717, 1.165) is 69.0 Å². The first-order chi connectivity index (χ1) is 16.3. The van der Waals surface area contributed by atoms with Gasteiger partial charge in [-0.3, -0.25) is 9.67 Å². The van der Waals surface area contributed by atoms with Crippen molar-refractivity contribution >= 4 is 52.2 Å². The largest absolute Gasteiger partial charge is 0.383 e. The molecule has 0 amide bonds. The van der Waals surface area contributed by atoms with Crippen LogP contribution in [0.15, 0.2) is 67.4 Å². The standard InChI is InChI=1S/C25H23N7S.2ClH/c26-24-21(11-17(13-29-24)18-14-30-32(15-18)19-6-9-27-10-7-19)25-31-22-5-1-4-20(23(22)33-25)16-3-2-8-28-12-16;;/h1-5,8,11-15,19,27H,6-7,9-10H2,(H2,26,29);2*1H. The van der Waals surface area contributed by atoms with E-state index in [0.29, 0.717) is 11.9 Å². The van der Waals surface area contributed by atoms with Crippen LogP contribution in [-0.2, 0) is 0 Å². The number of halogens is 2. The molecule has 0 radical (unpaired) electrons. The van der Waals surface area contributed by atoms with Gasteiger partial charge in [0.05, 0.1) is 28.0 Å². The highest BCUT2D eigenvalue weighted by Gasteiger charge is 2.18. The lowest BCUT2D eigenvalue weighted by Crippen LogP contribution is -2.29. The molecule has 6 rings (SSSR count). The zero-order chi connectivity index (χ0) is 22.2. The second-order valence-electron chi connectivity index (χ2n) is 8.26. The molecule has 180 valence electrons. The quantitative estimate of drug-likeness (QED) is 0.315. The third-order valence-electron chi connectivity index (χ3n) is 6.15. The van der Waals surface area contributed by atoms with Gasteiger partial charge in [0.25, 0.3) is 0 Å². The molecule has 0 bridgehead atoms. The number of nitrogen functional groups attached to an aromatic ring is 1. The van der Waals surface area contributed by atoms with Gasteiger partial charge in [-0.25, -0.2) is 9.97 Å². The van der Waals surface area contributed by atoms with Gasteiger partial charge in [0.1, 0.15) is 10.8 Å². The number of hydrogen-bond acceptors (Lipinski definition) is 7. The van der Waals surface area contributed by atoms with Gasteiger partial charge in [0.15, 0.2) is 0 Å². The zero-order valence-electron chi connectivity index (χ0n) is 18.8. The van der Waals surface area contributed by atoms with Crippen LogP contribution >= 0.6 is 36.2 Å². The van der Waals surface area contributed by atoms with E-state index < -0.39 is 0 Å². The van der Waals surface area contributed by atoms with Crippen LogP contribution in [0.2, 0.25) is 0 Å². The fraction of sp³-hybridized carbons (Fsp3) is 0.200. The Morgan fingerprint density at radius 1 is 0.943 bits per heavy atom. The summed E-state index contributed by atoms with van der Waals surface area (Å²) in [6, 6.07) is 12.7. The van der Waals surface area contributed by atoms with Gasteiger partial charge >= 0.3 is 0 Å². The molecule has 0 atom stereocenters. The summed E-state index contributed by atoms with van der Waals surface area (Å²) in [5.41, 5.74) is 12.3. The molecule has 0 spiro atoms. The van der Waals surface area contributed by atoms with Crippen LogP contribution in [-0.4, -0.2) is 37.8 Å². The van der Waals surface area contributed by atoms with E-state index in [1.54, 1.807) is 17.5 Å². The highest BCUT2D eigenvalue weighted by molar-refractivity contribution is 7.22. The minimum absolute atomic E-state index is 0. The number of piperidine rings is 1. The van der Waals surface area contributed by atoms with Crippen molar-refractivity contribution in [3.05, 3.63) is 67.4 Å². The first kappa shape index (κ1) is 25.1. The van der Waals surface area contributed by atoms with E-state index in [9.17, 15) is 0 Å². The lowest BCUT2D eigenvalue weighted by molar-refractivity contribution is 0.343. The van der Waals surface area contributed by atoms with E-state index in [1.165, 1.54) is 0 Å². The first-order valence-corrected chi connectivity index (χ1v) is 11.9. The fourth-order valence-electron chi connectivity index (χ4n) is 4.38. The summed E-state index contributed by atoms with van der Waals surface area (Å²) in [5, 5.41) is 8.90.